The third-order valence-electron chi connectivity index (χ3n) is 6.07. The number of fused-ring (bicyclic) bond motifs is 1. The number of carbonyl (C=O) groups excluding carboxylic acids is 1. The summed E-state index contributed by atoms with van der Waals surface area (Å²) in [5.74, 6) is 1.24. The smallest absolute Gasteiger partial charge is 0.153 e. The summed E-state index contributed by atoms with van der Waals surface area (Å²) in [5.41, 5.74) is 8.03. The van der Waals surface area contributed by atoms with Gasteiger partial charge in [-0.15, -0.1) is 0 Å². The van der Waals surface area contributed by atoms with Gasteiger partial charge in [0.1, 0.15) is 5.75 Å². The van der Waals surface area contributed by atoms with Crippen LogP contribution in [0.5, 0.6) is 5.75 Å². The summed E-state index contributed by atoms with van der Waals surface area (Å²) >= 11 is 0. The zero-order valence-corrected chi connectivity index (χ0v) is 16.9. The molecule has 1 aliphatic rings. The van der Waals surface area contributed by atoms with Gasteiger partial charge in [-0.1, -0.05) is 6.92 Å². The summed E-state index contributed by atoms with van der Waals surface area (Å²) in [4.78, 5) is 15.1. The highest BCUT2D eigenvalue weighted by Crippen LogP contribution is 2.37. The monoisotopic (exact) mass is 376 g/mol. The third-order valence-corrected chi connectivity index (χ3v) is 6.07. The number of nitrogens with one attached hydrogen (secondary N) is 2. The van der Waals surface area contributed by atoms with Crippen LogP contribution in [0.15, 0.2) is 30.3 Å². The van der Waals surface area contributed by atoms with E-state index in [1.807, 2.05) is 18.2 Å². The van der Waals surface area contributed by atoms with Gasteiger partial charge < -0.3 is 15.0 Å². The zero-order valence-electron chi connectivity index (χ0n) is 16.9. The minimum Gasteiger partial charge on any atom is -0.496 e. The highest BCUT2D eigenvalue weighted by molar-refractivity contribution is 5.93. The van der Waals surface area contributed by atoms with E-state index < -0.39 is 0 Å². The van der Waals surface area contributed by atoms with Crippen molar-refractivity contribution in [2.75, 3.05) is 20.2 Å². The second kappa shape index (κ2) is 7.80. The number of aromatic amines is 1. The van der Waals surface area contributed by atoms with E-state index in [1.165, 1.54) is 40.4 Å². The fourth-order valence-electron chi connectivity index (χ4n) is 4.59. The molecule has 28 heavy (non-hydrogen) atoms. The summed E-state index contributed by atoms with van der Waals surface area (Å²) in [6.45, 7) is 6.62. The molecule has 0 radical (unpaired) electrons. The number of piperidine rings is 1. The largest absolute Gasteiger partial charge is 0.496 e. The first-order chi connectivity index (χ1) is 13.7. The third kappa shape index (κ3) is 3.22. The van der Waals surface area contributed by atoms with Crippen LogP contribution in [0.25, 0.3) is 22.2 Å². The predicted molar refractivity (Wildman–Crippen MR) is 115 cm³/mol. The van der Waals surface area contributed by atoms with E-state index in [2.05, 4.69) is 36.3 Å². The summed E-state index contributed by atoms with van der Waals surface area (Å²) in [5, 5.41) is 4.77. The maximum Gasteiger partial charge on any atom is 0.153 e. The molecule has 2 aromatic carbocycles. The molecule has 0 spiro atoms. The molecule has 0 saturated carbocycles. The van der Waals surface area contributed by atoms with Gasteiger partial charge in [-0.25, -0.2) is 0 Å². The van der Waals surface area contributed by atoms with Crippen LogP contribution in [0.3, 0.4) is 0 Å². The van der Waals surface area contributed by atoms with Gasteiger partial charge in [-0.3, -0.25) is 4.79 Å². The fourth-order valence-corrected chi connectivity index (χ4v) is 4.59. The Kier molecular flexibility index (Phi) is 5.23. The van der Waals surface area contributed by atoms with Crippen LogP contribution in [-0.4, -0.2) is 31.5 Å². The van der Waals surface area contributed by atoms with Crippen LogP contribution in [0, 0.1) is 6.92 Å². The number of carbonyl (C=O) groups is 1. The van der Waals surface area contributed by atoms with Crippen LogP contribution in [0.2, 0.25) is 0 Å². The molecule has 4 rings (SSSR count). The standard InChI is InChI=1S/C24H28N2O2/c1-4-19-21-13-20(16-7-9-25-10-8-16)15(2)11-22(21)26-24(19)17-5-6-23(28-3)18(12-17)14-27/h5-6,11-14,16,25-26H,4,7-10H2,1-3H3. The Labute approximate surface area is 166 Å². The number of ether oxygens (including phenoxy) is 1. The highest BCUT2D eigenvalue weighted by atomic mass is 16.5. The molecule has 4 nitrogen and oxygen atoms in total. The molecule has 1 fully saturated rings. The SMILES string of the molecule is CCc1c(-c2ccc(OC)c(C=O)c2)[nH]c2cc(C)c(C3CCNCC3)cc12. The molecule has 4 heteroatoms. The van der Waals surface area contributed by atoms with Gasteiger partial charge in [-0.2, -0.15) is 0 Å². The molecular weight excluding hydrogens is 348 g/mol. The molecule has 146 valence electrons. The number of aldehydes is 1. The molecule has 2 heterocycles. The lowest BCUT2D eigenvalue weighted by atomic mass is 9.86. The van der Waals surface area contributed by atoms with Crippen molar-refractivity contribution in [3.8, 4) is 17.0 Å². The molecule has 0 amide bonds. The Morgan fingerprint density at radius 3 is 2.64 bits per heavy atom. The molecule has 1 aliphatic heterocycles. The second-order valence-electron chi connectivity index (χ2n) is 7.69. The quantitative estimate of drug-likeness (QED) is 0.617. The first kappa shape index (κ1) is 18.8. The van der Waals surface area contributed by atoms with Crippen molar-refractivity contribution < 1.29 is 9.53 Å². The van der Waals surface area contributed by atoms with Crippen molar-refractivity contribution in [3.05, 3.63) is 52.6 Å². The van der Waals surface area contributed by atoms with Gasteiger partial charge in [0.05, 0.1) is 12.7 Å². The fraction of sp³-hybridized carbons (Fsp3) is 0.375. The number of aromatic nitrogens is 1. The minimum absolute atomic E-state index is 0.576. The number of hydrogen-bond donors (Lipinski definition) is 2. The normalized spacial score (nSPS) is 15.1. The Morgan fingerprint density at radius 1 is 1.18 bits per heavy atom. The van der Waals surface area contributed by atoms with Gasteiger partial charge in [0.2, 0.25) is 0 Å². The number of aryl methyl sites for hydroxylation is 2. The van der Waals surface area contributed by atoms with Crippen LogP contribution in [0.4, 0.5) is 0 Å². The highest BCUT2D eigenvalue weighted by Gasteiger charge is 2.20. The zero-order chi connectivity index (χ0) is 19.7. The Morgan fingerprint density at radius 2 is 1.96 bits per heavy atom. The number of methoxy groups -OCH3 is 1. The van der Waals surface area contributed by atoms with Crippen LogP contribution >= 0.6 is 0 Å². The molecule has 1 aromatic heterocycles. The van der Waals surface area contributed by atoms with Crippen molar-refractivity contribution in [3.63, 3.8) is 0 Å². The summed E-state index contributed by atoms with van der Waals surface area (Å²) in [6.07, 6.45) is 4.20. The van der Waals surface area contributed by atoms with Gasteiger partial charge in [0.15, 0.2) is 6.29 Å². The van der Waals surface area contributed by atoms with Crippen molar-refractivity contribution in [1.29, 1.82) is 0 Å². The maximum atomic E-state index is 11.5. The van der Waals surface area contributed by atoms with Gasteiger partial charge in [-0.05, 0) is 97.8 Å². The van der Waals surface area contributed by atoms with Gasteiger partial charge in [0, 0.05) is 16.6 Å². The van der Waals surface area contributed by atoms with E-state index in [9.17, 15) is 4.79 Å². The molecule has 0 bridgehead atoms. The lowest BCUT2D eigenvalue weighted by molar-refractivity contribution is 0.112. The minimum atomic E-state index is 0.576. The van der Waals surface area contributed by atoms with Gasteiger partial charge >= 0.3 is 0 Å². The Hall–Kier alpha value is -2.59. The number of H-pyrrole nitrogens is 1. The first-order valence-electron chi connectivity index (χ1n) is 10.2. The van der Waals surface area contributed by atoms with E-state index in [4.69, 9.17) is 4.74 Å². The van der Waals surface area contributed by atoms with Crippen LogP contribution in [0.1, 0.15) is 52.7 Å². The van der Waals surface area contributed by atoms with E-state index in [-0.39, 0.29) is 0 Å². The molecule has 3 aromatic rings. The number of hydrogen-bond acceptors (Lipinski definition) is 3. The second-order valence-corrected chi connectivity index (χ2v) is 7.69. The van der Waals surface area contributed by atoms with E-state index in [0.29, 0.717) is 17.2 Å². The van der Waals surface area contributed by atoms with E-state index in [1.54, 1.807) is 7.11 Å². The topological polar surface area (TPSA) is 54.1 Å². The van der Waals surface area contributed by atoms with Crippen LogP contribution in [-0.2, 0) is 6.42 Å². The number of rotatable bonds is 5. The summed E-state index contributed by atoms with van der Waals surface area (Å²) in [7, 11) is 1.59. The first-order valence-corrected chi connectivity index (χ1v) is 10.2. The molecule has 0 aliphatic carbocycles. The molecular formula is C24H28N2O2. The molecule has 0 unspecified atom stereocenters. The van der Waals surface area contributed by atoms with Crippen molar-refractivity contribution >= 4 is 17.2 Å². The number of benzene rings is 2. The Balaban J connectivity index is 1.85. The van der Waals surface area contributed by atoms with E-state index >= 15 is 0 Å². The molecule has 0 atom stereocenters. The van der Waals surface area contributed by atoms with Crippen LogP contribution < -0.4 is 10.1 Å². The van der Waals surface area contributed by atoms with Crippen molar-refractivity contribution in [1.82, 2.24) is 10.3 Å². The van der Waals surface area contributed by atoms with Crippen molar-refractivity contribution in [2.24, 2.45) is 0 Å². The molecule has 2 N–H and O–H groups in total. The van der Waals surface area contributed by atoms with E-state index in [0.717, 1.165) is 37.1 Å². The van der Waals surface area contributed by atoms with Gasteiger partial charge in [0.25, 0.3) is 0 Å². The lowest BCUT2D eigenvalue weighted by Gasteiger charge is -2.24. The maximum absolute atomic E-state index is 11.5. The predicted octanol–water partition coefficient (Wildman–Crippen LogP) is 4.99. The average Bonchev–Trinajstić information content (AvgIpc) is 3.10. The lowest BCUT2D eigenvalue weighted by Crippen LogP contribution is -2.26. The summed E-state index contributed by atoms with van der Waals surface area (Å²) in [6, 6.07) is 10.5. The summed E-state index contributed by atoms with van der Waals surface area (Å²) < 4.78 is 5.29. The molecule has 1 saturated heterocycles. The van der Waals surface area contributed by atoms with Crippen molar-refractivity contribution in [2.45, 2.75) is 39.0 Å². The average molecular weight is 377 g/mol. The Bertz CT molecular complexity index is 1010.